The number of halogens is 1. The molecule has 0 radical (unpaired) electrons. The topological polar surface area (TPSA) is 43.3 Å². The van der Waals surface area contributed by atoms with Gasteiger partial charge in [-0.2, -0.15) is 0 Å². The maximum Gasteiger partial charge on any atom is 0.291 e. The first-order valence-electron chi connectivity index (χ1n) is 5.56. The molecule has 1 rings (SSSR count). The zero-order valence-corrected chi connectivity index (χ0v) is 12.5. The minimum Gasteiger partial charge on any atom is -0.340 e. The molecule has 0 aliphatic heterocycles. The van der Waals surface area contributed by atoms with Crippen LogP contribution in [0.15, 0.2) is 16.7 Å². The average Bonchev–Trinajstić information content (AvgIpc) is 2.55. The second-order valence-corrected chi connectivity index (χ2v) is 6.11. The van der Waals surface area contributed by atoms with Gasteiger partial charge in [-0.25, -0.2) is 5.48 Å². The number of hydrogen-bond donors (Lipinski definition) is 1. The number of hydrogen-bond acceptors (Lipinski definition) is 2. The highest BCUT2D eigenvalue weighted by atomic mass is 79.9. The third-order valence-corrected chi connectivity index (χ3v) is 2.49. The van der Waals surface area contributed by atoms with Crippen LogP contribution in [-0.4, -0.2) is 16.1 Å². The number of nitrogens with one attached hydrogen (secondary N) is 1. The number of carbonyl (C=O) groups excluding carboxylic acids is 1. The summed E-state index contributed by atoms with van der Waals surface area (Å²) in [7, 11) is 0. The van der Waals surface area contributed by atoms with Crippen LogP contribution in [0.1, 0.15) is 51.1 Å². The van der Waals surface area contributed by atoms with Gasteiger partial charge in [-0.1, -0.05) is 0 Å². The number of nitrogens with zero attached hydrogens (tertiary/aromatic N) is 1. The molecule has 0 atom stereocenters. The number of rotatable bonds is 3. The predicted octanol–water partition coefficient (Wildman–Crippen LogP) is 3.29. The first-order chi connectivity index (χ1) is 7.70. The summed E-state index contributed by atoms with van der Waals surface area (Å²) >= 11 is 3.37. The van der Waals surface area contributed by atoms with Crippen LogP contribution in [0.25, 0.3) is 0 Å². The summed E-state index contributed by atoms with van der Waals surface area (Å²) in [5.41, 5.74) is 2.65. The molecule has 1 aromatic heterocycles. The smallest absolute Gasteiger partial charge is 0.291 e. The molecule has 0 aliphatic rings. The Kier molecular flexibility index (Phi) is 4.38. The summed E-state index contributed by atoms with van der Waals surface area (Å²) in [5.74, 6) is -0.237. The Labute approximate surface area is 110 Å². The van der Waals surface area contributed by atoms with Crippen LogP contribution in [0, 0.1) is 0 Å². The van der Waals surface area contributed by atoms with Crippen molar-refractivity contribution in [3.63, 3.8) is 0 Å². The second kappa shape index (κ2) is 5.23. The first kappa shape index (κ1) is 14.3. The van der Waals surface area contributed by atoms with E-state index in [9.17, 15) is 4.79 Å². The van der Waals surface area contributed by atoms with E-state index in [1.165, 1.54) is 0 Å². The van der Waals surface area contributed by atoms with Gasteiger partial charge in [0.05, 0.1) is 5.60 Å². The predicted molar refractivity (Wildman–Crippen MR) is 70.8 cm³/mol. The Morgan fingerprint density at radius 3 is 2.53 bits per heavy atom. The lowest BCUT2D eigenvalue weighted by Crippen LogP contribution is -2.34. The van der Waals surface area contributed by atoms with Crippen molar-refractivity contribution >= 4 is 21.8 Å². The highest BCUT2D eigenvalue weighted by Crippen LogP contribution is 2.19. The molecule has 0 saturated carbocycles. The standard InChI is InChI=1S/C12H19BrN2O2/c1-8(2)15-7-9(13)6-10(15)11(16)14-17-12(3,4)5/h6-8H,1-5H3,(H,14,16). The number of carbonyl (C=O) groups is 1. The van der Waals surface area contributed by atoms with Crippen molar-refractivity contribution in [1.29, 1.82) is 0 Å². The van der Waals surface area contributed by atoms with Crippen molar-refractivity contribution in [3.05, 3.63) is 22.4 Å². The van der Waals surface area contributed by atoms with Crippen LogP contribution in [0.4, 0.5) is 0 Å². The van der Waals surface area contributed by atoms with Crippen LogP contribution >= 0.6 is 15.9 Å². The molecular weight excluding hydrogens is 284 g/mol. The van der Waals surface area contributed by atoms with Gasteiger partial charge in [0.1, 0.15) is 5.69 Å². The van der Waals surface area contributed by atoms with Crippen LogP contribution in [0.3, 0.4) is 0 Å². The summed E-state index contributed by atoms with van der Waals surface area (Å²) in [6.45, 7) is 9.68. The van der Waals surface area contributed by atoms with E-state index in [1.807, 2.05) is 45.4 Å². The van der Waals surface area contributed by atoms with Gasteiger partial charge < -0.3 is 4.57 Å². The highest BCUT2D eigenvalue weighted by molar-refractivity contribution is 9.10. The zero-order chi connectivity index (χ0) is 13.2. The van der Waals surface area contributed by atoms with Gasteiger partial charge in [0, 0.05) is 16.7 Å². The molecular formula is C12H19BrN2O2. The highest BCUT2D eigenvalue weighted by Gasteiger charge is 2.18. The maximum atomic E-state index is 12.0. The van der Waals surface area contributed by atoms with E-state index in [-0.39, 0.29) is 11.9 Å². The van der Waals surface area contributed by atoms with Gasteiger partial charge >= 0.3 is 0 Å². The molecule has 0 bridgehead atoms. The molecule has 0 aromatic carbocycles. The fraction of sp³-hybridized carbons (Fsp3) is 0.583. The number of hydroxylamine groups is 1. The van der Waals surface area contributed by atoms with E-state index >= 15 is 0 Å². The van der Waals surface area contributed by atoms with Crippen LogP contribution in [0.2, 0.25) is 0 Å². The fourth-order valence-electron chi connectivity index (χ4n) is 1.31. The molecule has 1 aromatic rings. The monoisotopic (exact) mass is 302 g/mol. The van der Waals surface area contributed by atoms with E-state index < -0.39 is 5.60 Å². The van der Waals surface area contributed by atoms with Crippen molar-refractivity contribution in [2.75, 3.05) is 0 Å². The van der Waals surface area contributed by atoms with Crippen molar-refractivity contribution in [1.82, 2.24) is 10.0 Å². The van der Waals surface area contributed by atoms with Crippen LogP contribution in [0.5, 0.6) is 0 Å². The lowest BCUT2D eigenvalue weighted by atomic mass is 10.2. The van der Waals surface area contributed by atoms with Crippen molar-refractivity contribution in [2.45, 2.75) is 46.3 Å². The SMILES string of the molecule is CC(C)n1cc(Br)cc1C(=O)NOC(C)(C)C. The number of amides is 1. The number of aromatic nitrogens is 1. The molecule has 0 saturated heterocycles. The zero-order valence-electron chi connectivity index (χ0n) is 10.9. The van der Waals surface area contributed by atoms with Gasteiger partial charge in [-0.15, -0.1) is 0 Å². The van der Waals surface area contributed by atoms with Crippen molar-refractivity contribution in [2.24, 2.45) is 0 Å². The van der Waals surface area contributed by atoms with Crippen molar-refractivity contribution in [3.8, 4) is 0 Å². The second-order valence-electron chi connectivity index (χ2n) is 5.19. The van der Waals surface area contributed by atoms with E-state index in [2.05, 4.69) is 21.4 Å². The van der Waals surface area contributed by atoms with E-state index in [0.717, 1.165) is 4.47 Å². The Morgan fingerprint density at radius 2 is 2.06 bits per heavy atom. The molecule has 5 heteroatoms. The Hall–Kier alpha value is -0.810. The summed E-state index contributed by atoms with van der Waals surface area (Å²) in [4.78, 5) is 17.2. The third kappa shape index (κ3) is 4.16. The van der Waals surface area contributed by atoms with Gasteiger partial charge in [0.25, 0.3) is 5.91 Å². The lowest BCUT2D eigenvalue weighted by molar-refractivity contribution is -0.0593. The van der Waals surface area contributed by atoms with Crippen LogP contribution < -0.4 is 5.48 Å². The Morgan fingerprint density at radius 1 is 1.47 bits per heavy atom. The Balaban J connectivity index is 2.82. The maximum absolute atomic E-state index is 12.0. The quantitative estimate of drug-likeness (QED) is 0.871. The first-order valence-corrected chi connectivity index (χ1v) is 6.36. The molecule has 0 fully saturated rings. The summed E-state index contributed by atoms with van der Waals surface area (Å²) in [6.07, 6.45) is 1.89. The van der Waals surface area contributed by atoms with E-state index in [4.69, 9.17) is 4.84 Å². The molecule has 96 valence electrons. The normalized spacial score (nSPS) is 11.9. The molecule has 1 N–H and O–H groups in total. The lowest BCUT2D eigenvalue weighted by Gasteiger charge is -2.19. The van der Waals surface area contributed by atoms with Gasteiger partial charge in [0.2, 0.25) is 0 Å². The third-order valence-electron chi connectivity index (χ3n) is 2.05. The minimum absolute atomic E-state index is 0.219. The van der Waals surface area contributed by atoms with Gasteiger partial charge in [-0.05, 0) is 56.6 Å². The molecule has 0 aliphatic carbocycles. The van der Waals surface area contributed by atoms with E-state index in [1.54, 1.807) is 6.07 Å². The van der Waals surface area contributed by atoms with E-state index in [0.29, 0.717) is 5.69 Å². The fourth-order valence-corrected chi connectivity index (χ4v) is 1.74. The molecule has 4 nitrogen and oxygen atoms in total. The molecule has 0 unspecified atom stereocenters. The van der Waals surface area contributed by atoms with Crippen molar-refractivity contribution < 1.29 is 9.63 Å². The summed E-state index contributed by atoms with van der Waals surface area (Å²) in [5, 5.41) is 0. The molecule has 0 spiro atoms. The molecule has 17 heavy (non-hydrogen) atoms. The largest absolute Gasteiger partial charge is 0.340 e. The molecule has 1 amide bonds. The summed E-state index contributed by atoms with van der Waals surface area (Å²) in [6, 6.07) is 2.00. The summed E-state index contributed by atoms with van der Waals surface area (Å²) < 4.78 is 2.78. The average molecular weight is 303 g/mol. The van der Waals surface area contributed by atoms with Gasteiger partial charge in [-0.3, -0.25) is 9.63 Å². The van der Waals surface area contributed by atoms with Gasteiger partial charge in [0.15, 0.2) is 0 Å². The minimum atomic E-state index is -0.401. The molecule has 1 heterocycles. The van der Waals surface area contributed by atoms with Crippen LogP contribution in [-0.2, 0) is 4.84 Å². The Bertz CT molecular complexity index is 405.